The van der Waals surface area contributed by atoms with E-state index in [1.807, 2.05) is 6.92 Å². The SMILES string of the molecule is CCC(O)CCCCC(=N)N. The summed E-state index contributed by atoms with van der Waals surface area (Å²) in [5.74, 6) is 0.246. The van der Waals surface area contributed by atoms with Crippen LogP contribution in [0.3, 0.4) is 0 Å². The van der Waals surface area contributed by atoms with Gasteiger partial charge in [-0.2, -0.15) is 0 Å². The Balaban J connectivity index is 3.08. The van der Waals surface area contributed by atoms with Crippen molar-refractivity contribution in [1.29, 1.82) is 5.41 Å². The van der Waals surface area contributed by atoms with Crippen molar-refractivity contribution in [1.82, 2.24) is 0 Å². The molecular weight excluding hydrogens is 140 g/mol. The van der Waals surface area contributed by atoms with Crippen molar-refractivity contribution in [2.45, 2.75) is 45.1 Å². The van der Waals surface area contributed by atoms with E-state index in [0.717, 1.165) is 25.7 Å². The molecule has 0 radical (unpaired) electrons. The van der Waals surface area contributed by atoms with E-state index < -0.39 is 0 Å². The van der Waals surface area contributed by atoms with E-state index >= 15 is 0 Å². The van der Waals surface area contributed by atoms with Crippen LogP contribution in [0.5, 0.6) is 0 Å². The van der Waals surface area contributed by atoms with Crippen molar-refractivity contribution in [3.63, 3.8) is 0 Å². The van der Waals surface area contributed by atoms with Gasteiger partial charge < -0.3 is 10.8 Å². The minimum Gasteiger partial charge on any atom is -0.393 e. The molecule has 3 nitrogen and oxygen atoms in total. The van der Waals surface area contributed by atoms with Gasteiger partial charge in [0.15, 0.2) is 0 Å². The summed E-state index contributed by atoms with van der Waals surface area (Å²) in [7, 11) is 0. The van der Waals surface area contributed by atoms with Gasteiger partial charge in [-0.25, -0.2) is 0 Å². The first-order chi connectivity index (χ1) is 5.16. The molecular formula is C8H18N2O. The van der Waals surface area contributed by atoms with Crippen LogP contribution < -0.4 is 5.73 Å². The average Bonchev–Trinajstić information content (AvgIpc) is 1.97. The normalized spacial score (nSPS) is 12.9. The zero-order chi connectivity index (χ0) is 8.69. The maximum absolute atomic E-state index is 9.14. The summed E-state index contributed by atoms with van der Waals surface area (Å²) < 4.78 is 0. The number of unbranched alkanes of at least 4 members (excludes halogenated alkanes) is 1. The van der Waals surface area contributed by atoms with Gasteiger partial charge in [-0.1, -0.05) is 13.3 Å². The molecule has 0 amide bonds. The Hall–Kier alpha value is -0.570. The first-order valence-electron chi connectivity index (χ1n) is 4.17. The van der Waals surface area contributed by atoms with Gasteiger partial charge in [0, 0.05) is 6.42 Å². The van der Waals surface area contributed by atoms with Crippen LogP contribution in [0.2, 0.25) is 0 Å². The Labute approximate surface area is 68.1 Å². The second-order valence-corrected chi connectivity index (χ2v) is 2.83. The van der Waals surface area contributed by atoms with E-state index in [-0.39, 0.29) is 11.9 Å². The van der Waals surface area contributed by atoms with Gasteiger partial charge in [0.1, 0.15) is 0 Å². The van der Waals surface area contributed by atoms with Crippen LogP contribution in [0, 0.1) is 5.41 Å². The average molecular weight is 158 g/mol. The fraction of sp³-hybridized carbons (Fsp3) is 0.875. The third-order valence-electron chi connectivity index (χ3n) is 1.70. The van der Waals surface area contributed by atoms with Gasteiger partial charge in [0.05, 0.1) is 11.9 Å². The summed E-state index contributed by atoms with van der Waals surface area (Å²) in [6.45, 7) is 1.97. The van der Waals surface area contributed by atoms with E-state index in [4.69, 9.17) is 16.2 Å². The Morgan fingerprint density at radius 1 is 1.55 bits per heavy atom. The zero-order valence-electron chi connectivity index (χ0n) is 7.14. The number of hydrogen-bond donors (Lipinski definition) is 3. The molecule has 0 bridgehead atoms. The Bertz CT molecular complexity index is 115. The first-order valence-corrected chi connectivity index (χ1v) is 4.17. The molecule has 0 rings (SSSR count). The highest BCUT2D eigenvalue weighted by molar-refractivity contribution is 5.76. The summed E-state index contributed by atoms with van der Waals surface area (Å²) in [4.78, 5) is 0. The number of aliphatic hydroxyl groups is 1. The maximum atomic E-state index is 9.14. The number of nitrogens with two attached hydrogens (primary N) is 1. The van der Waals surface area contributed by atoms with Crippen LogP contribution >= 0.6 is 0 Å². The van der Waals surface area contributed by atoms with E-state index in [0.29, 0.717) is 6.42 Å². The molecule has 66 valence electrons. The quantitative estimate of drug-likeness (QED) is 0.309. The third-order valence-corrected chi connectivity index (χ3v) is 1.70. The molecule has 1 atom stereocenters. The molecule has 0 saturated carbocycles. The summed E-state index contributed by atoms with van der Waals surface area (Å²) in [5.41, 5.74) is 5.16. The van der Waals surface area contributed by atoms with Gasteiger partial charge in [-0.15, -0.1) is 0 Å². The highest BCUT2D eigenvalue weighted by Gasteiger charge is 1.99. The predicted octanol–water partition coefficient (Wildman–Crippen LogP) is 1.25. The van der Waals surface area contributed by atoms with Crippen molar-refractivity contribution >= 4 is 5.84 Å². The summed E-state index contributed by atoms with van der Waals surface area (Å²) in [6, 6.07) is 0. The number of nitrogens with one attached hydrogen (secondary N) is 1. The maximum Gasteiger partial charge on any atom is 0.0905 e. The molecule has 1 unspecified atom stereocenters. The number of amidine groups is 1. The fourth-order valence-electron chi connectivity index (χ4n) is 0.900. The van der Waals surface area contributed by atoms with Crippen molar-refractivity contribution in [3.8, 4) is 0 Å². The molecule has 0 heterocycles. The number of rotatable bonds is 6. The number of aliphatic hydroxyl groups excluding tert-OH is 1. The van der Waals surface area contributed by atoms with Gasteiger partial charge >= 0.3 is 0 Å². The smallest absolute Gasteiger partial charge is 0.0905 e. The molecule has 0 saturated heterocycles. The topological polar surface area (TPSA) is 70.1 Å². The molecule has 0 aromatic heterocycles. The Morgan fingerprint density at radius 2 is 2.18 bits per heavy atom. The highest BCUT2D eigenvalue weighted by atomic mass is 16.3. The van der Waals surface area contributed by atoms with Crippen LogP contribution in [0.1, 0.15) is 39.0 Å². The van der Waals surface area contributed by atoms with Crippen molar-refractivity contribution in [2.75, 3.05) is 0 Å². The molecule has 3 heteroatoms. The molecule has 0 aliphatic heterocycles. The lowest BCUT2D eigenvalue weighted by Gasteiger charge is -2.05. The second kappa shape index (κ2) is 6.16. The zero-order valence-corrected chi connectivity index (χ0v) is 7.14. The predicted molar refractivity (Wildman–Crippen MR) is 46.7 cm³/mol. The molecule has 0 fully saturated rings. The molecule has 0 aromatic rings. The summed E-state index contributed by atoms with van der Waals surface area (Å²) in [5, 5.41) is 16.1. The van der Waals surface area contributed by atoms with Crippen LogP contribution in [0.25, 0.3) is 0 Å². The minimum atomic E-state index is -0.165. The Kier molecular flexibility index (Phi) is 5.84. The van der Waals surface area contributed by atoms with Crippen LogP contribution in [-0.2, 0) is 0 Å². The minimum absolute atomic E-state index is 0.165. The summed E-state index contributed by atoms with van der Waals surface area (Å²) >= 11 is 0. The van der Waals surface area contributed by atoms with E-state index in [1.165, 1.54) is 0 Å². The molecule has 0 aliphatic carbocycles. The van der Waals surface area contributed by atoms with Crippen LogP contribution in [0.4, 0.5) is 0 Å². The Morgan fingerprint density at radius 3 is 2.64 bits per heavy atom. The van der Waals surface area contributed by atoms with E-state index in [9.17, 15) is 0 Å². The lowest BCUT2D eigenvalue weighted by molar-refractivity contribution is 0.157. The van der Waals surface area contributed by atoms with Gasteiger partial charge in [-0.3, -0.25) is 5.41 Å². The van der Waals surface area contributed by atoms with Crippen molar-refractivity contribution in [2.24, 2.45) is 5.73 Å². The van der Waals surface area contributed by atoms with Gasteiger partial charge in [-0.05, 0) is 19.3 Å². The molecule has 0 spiro atoms. The molecule has 4 N–H and O–H groups in total. The van der Waals surface area contributed by atoms with Crippen LogP contribution in [-0.4, -0.2) is 17.0 Å². The van der Waals surface area contributed by atoms with Crippen molar-refractivity contribution in [3.05, 3.63) is 0 Å². The fourth-order valence-corrected chi connectivity index (χ4v) is 0.900. The second-order valence-electron chi connectivity index (χ2n) is 2.83. The van der Waals surface area contributed by atoms with E-state index in [2.05, 4.69) is 0 Å². The van der Waals surface area contributed by atoms with Gasteiger partial charge in [0.25, 0.3) is 0 Å². The first kappa shape index (κ1) is 10.4. The largest absolute Gasteiger partial charge is 0.393 e. The van der Waals surface area contributed by atoms with Gasteiger partial charge in [0.2, 0.25) is 0 Å². The molecule has 11 heavy (non-hydrogen) atoms. The molecule has 0 aromatic carbocycles. The molecule has 0 aliphatic rings. The lowest BCUT2D eigenvalue weighted by Crippen LogP contribution is -2.09. The van der Waals surface area contributed by atoms with Crippen molar-refractivity contribution < 1.29 is 5.11 Å². The van der Waals surface area contributed by atoms with Crippen LogP contribution in [0.15, 0.2) is 0 Å². The standard InChI is InChI=1S/C8H18N2O/c1-2-7(11)5-3-4-6-8(9)10/h7,11H,2-6H2,1H3,(H3,9,10). The highest BCUT2D eigenvalue weighted by Crippen LogP contribution is 2.05. The number of hydrogen-bond acceptors (Lipinski definition) is 2. The lowest BCUT2D eigenvalue weighted by atomic mass is 10.1. The third kappa shape index (κ3) is 7.33. The van der Waals surface area contributed by atoms with E-state index in [1.54, 1.807) is 0 Å². The monoisotopic (exact) mass is 158 g/mol. The summed E-state index contributed by atoms with van der Waals surface area (Å²) in [6.07, 6.45) is 4.04.